The molecule has 1 saturated carbocycles. The molecule has 0 aliphatic heterocycles. The molecule has 90 valence electrons. The van der Waals surface area contributed by atoms with Crippen LogP contribution in [0.3, 0.4) is 0 Å². The largest absolute Gasteiger partial charge is 0.377 e. The van der Waals surface area contributed by atoms with Crippen LogP contribution in [0.4, 0.5) is 0 Å². The highest BCUT2D eigenvalue weighted by Crippen LogP contribution is 2.30. The normalized spacial score (nSPS) is 34.4. The molecule has 1 aliphatic rings. The summed E-state index contributed by atoms with van der Waals surface area (Å²) in [6, 6.07) is 0.192. The standard InChI is InChI=1S/C13H27NO/c1-9(2)13(14)8-15-12-6-10(3)5-11(4)7-12/h9-13H,5-8,14H2,1-4H3. The molecule has 3 atom stereocenters. The molecule has 2 nitrogen and oxygen atoms in total. The first kappa shape index (κ1) is 13.0. The van der Waals surface area contributed by atoms with Gasteiger partial charge >= 0.3 is 0 Å². The van der Waals surface area contributed by atoms with E-state index in [-0.39, 0.29) is 6.04 Å². The molecule has 0 heterocycles. The van der Waals surface area contributed by atoms with Crippen molar-refractivity contribution in [3.63, 3.8) is 0 Å². The summed E-state index contributed by atoms with van der Waals surface area (Å²) in [5.74, 6) is 2.14. The zero-order valence-corrected chi connectivity index (χ0v) is 10.7. The minimum atomic E-state index is 0.192. The summed E-state index contributed by atoms with van der Waals surface area (Å²) in [4.78, 5) is 0. The molecule has 3 unspecified atom stereocenters. The predicted octanol–water partition coefficient (Wildman–Crippen LogP) is 2.81. The monoisotopic (exact) mass is 213 g/mol. The molecular weight excluding hydrogens is 186 g/mol. The molecule has 0 aromatic carbocycles. The van der Waals surface area contributed by atoms with Crippen molar-refractivity contribution in [1.29, 1.82) is 0 Å². The van der Waals surface area contributed by atoms with E-state index in [0.717, 1.165) is 18.4 Å². The van der Waals surface area contributed by atoms with Gasteiger partial charge < -0.3 is 10.5 Å². The Morgan fingerprint density at radius 3 is 2.13 bits per heavy atom. The fraction of sp³-hybridized carbons (Fsp3) is 1.00. The third-order valence-electron chi connectivity index (χ3n) is 3.52. The Morgan fingerprint density at radius 1 is 1.13 bits per heavy atom. The SMILES string of the molecule is CC1CC(C)CC(OCC(N)C(C)C)C1. The fourth-order valence-corrected chi connectivity index (χ4v) is 2.45. The second-order valence-corrected chi connectivity index (χ2v) is 5.78. The Labute approximate surface area is 94.6 Å². The van der Waals surface area contributed by atoms with Gasteiger partial charge in [0.1, 0.15) is 0 Å². The van der Waals surface area contributed by atoms with E-state index in [1.165, 1.54) is 19.3 Å². The average Bonchev–Trinajstić information content (AvgIpc) is 2.12. The lowest BCUT2D eigenvalue weighted by Gasteiger charge is -2.32. The summed E-state index contributed by atoms with van der Waals surface area (Å²) in [6.45, 7) is 9.69. The Kier molecular flexibility index (Phi) is 5.07. The molecule has 0 bridgehead atoms. The van der Waals surface area contributed by atoms with Gasteiger partial charge in [0.15, 0.2) is 0 Å². The zero-order valence-electron chi connectivity index (χ0n) is 10.7. The molecule has 0 saturated heterocycles. The summed E-state index contributed by atoms with van der Waals surface area (Å²) in [6.07, 6.45) is 4.24. The van der Waals surface area contributed by atoms with Crippen molar-refractivity contribution in [2.75, 3.05) is 6.61 Å². The first-order valence-corrected chi connectivity index (χ1v) is 6.36. The molecule has 15 heavy (non-hydrogen) atoms. The molecule has 2 heteroatoms. The molecule has 0 aromatic heterocycles. The summed E-state index contributed by atoms with van der Waals surface area (Å²) >= 11 is 0. The third-order valence-corrected chi connectivity index (χ3v) is 3.52. The summed E-state index contributed by atoms with van der Waals surface area (Å²) in [7, 11) is 0. The lowest BCUT2D eigenvalue weighted by molar-refractivity contribution is -0.00929. The van der Waals surface area contributed by atoms with Crippen molar-refractivity contribution in [2.24, 2.45) is 23.5 Å². The average molecular weight is 213 g/mol. The molecule has 0 amide bonds. The van der Waals surface area contributed by atoms with Crippen LogP contribution in [0.25, 0.3) is 0 Å². The number of nitrogens with two attached hydrogens (primary N) is 1. The summed E-state index contributed by atoms with van der Waals surface area (Å²) < 4.78 is 5.92. The maximum absolute atomic E-state index is 5.98. The molecule has 0 spiro atoms. The van der Waals surface area contributed by atoms with Gasteiger partial charge in [-0.15, -0.1) is 0 Å². The van der Waals surface area contributed by atoms with Gasteiger partial charge in [0, 0.05) is 6.04 Å². The highest BCUT2D eigenvalue weighted by molar-refractivity contribution is 4.76. The molecular formula is C13H27NO. The van der Waals surface area contributed by atoms with Crippen molar-refractivity contribution < 1.29 is 4.74 Å². The molecule has 1 aliphatic carbocycles. The van der Waals surface area contributed by atoms with Gasteiger partial charge in [0.2, 0.25) is 0 Å². The van der Waals surface area contributed by atoms with E-state index in [1.54, 1.807) is 0 Å². The number of hydrogen-bond acceptors (Lipinski definition) is 2. The Hall–Kier alpha value is -0.0800. The van der Waals surface area contributed by atoms with Crippen LogP contribution < -0.4 is 5.73 Å². The highest BCUT2D eigenvalue weighted by atomic mass is 16.5. The first-order chi connectivity index (χ1) is 6.99. The lowest BCUT2D eigenvalue weighted by Crippen LogP contribution is -2.35. The maximum Gasteiger partial charge on any atom is 0.0623 e. The van der Waals surface area contributed by atoms with E-state index < -0.39 is 0 Å². The van der Waals surface area contributed by atoms with Crippen LogP contribution >= 0.6 is 0 Å². The van der Waals surface area contributed by atoms with Crippen LogP contribution in [0.1, 0.15) is 47.0 Å². The fourth-order valence-electron chi connectivity index (χ4n) is 2.45. The van der Waals surface area contributed by atoms with Gasteiger partial charge in [-0.2, -0.15) is 0 Å². The van der Waals surface area contributed by atoms with Crippen LogP contribution in [0, 0.1) is 17.8 Å². The second-order valence-electron chi connectivity index (χ2n) is 5.78. The minimum absolute atomic E-state index is 0.192. The molecule has 0 radical (unpaired) electrons. The van der Waals surface area contributed by atoms with Crippen LogP contribution in [0.15, 0.2) is 0 Å². The van der Waals surface area contributed by atoms with Crippen LogP contribution in [0.2, 0.25) is 0 Å². The van der Waals surface area contributed by atoms with Crippen LogP contribution in [0.5, 0.6) is 0 Å². The van der Waals surface area contributed by atoms with E-state index in [1.807, 2.05) is 0 Å². The summed E-state index contributed by atoms with van der Waals surface area (Å²) in [5, 5.41) is 0. The van der Waals surface area contributed by atoms with E-state index in [0.29, 0.717) is 12.0 Å². The summed E-state index contributed by atoms with van der Waals surface area (Å²) in [5.41, 5.74) is 5.98. The van der Waals surface area contributed by atoms with Crippen molar-refractivity contribution >= 4 is 0 Å². The van der Waals surface area contributed by atoms with Gasteiger partial charge in [-0.1, -0.05) is 27.7 Å². The van der Waals surface area contributed by atoms with Crippen LogP contribution in [-0.2, 0) is 4.74 Å². The van der Waals surface area contributed by atoms with Crippen LogP contribution in [-0.4, -0.2) is 18.8 Å². The first-order valence-electron chi connectivity index (χ1n) is 6.36. The minimum Gasteiger partial charge on any atom is -0.377 e. The van der Waals surface area contributed by atoms with Crippen molar-refractivity contribution in [1.82, 2.24) is 0 Å². The Morgan fingerprint density at radius 2 is 1.67 bits per heavy atom. The molecule has 1 fully saturated rings. The van der Waals surface area contributed by atoms with Gasteiger partial charge in [0.25, 0.3) is 0 Å². The van der Waals surface area contributed by atoms with E-state index in [4.69, 9.17) is 10.5 Å². The molecule has 2 N–H and O–H groups in total. The highest BCUT2D eigenvalue weighted by Gasteiger charge is 2.24. The predicted molar refractivity (Wildman–Crippen MR) is 64.7 cm³/mol. The van der Waals surface area contributed by atoms with E-state index >= 15 is 0 Å². The van der Waals surface area contributed by atoms with Crippen molar-refractivity contribution in [3.05, 3.63) is 0 Å². The van der Waals surface area contributed by atoms with Crippen molar-refractivity contribution in [2.45, 2.75) is 59.1 Å². The molecule has 1 rings (SSSR count). The number of rotatable bonds is 4. The van der Waals surface area contributed by atoms with E-state index in [9.17, 15) is 0 Å². The topological polar surface area (TPSA) is 35.2 Å². The second kappa shape index (κ2) is 5.86. The quantitative estimate of drug-likeness (QED) is 0.779. The van der Waals surface area contributed by atoms with Gasteiger partial charge in [0.05, 0.1) is 12.7 Å². The maximum atomic E-state index is 5.98. The third kappa shape index (κ3) is 4.52. The lowest BCUT2D eigenvalue weighted by atomic mass is 9.82. The smallest absolute Gasteiger partial charge is 0.0623 e. The van der Waals surface area contributed by atoms with E-state index in [2.05, 4.69) is 27.7 Å². The Bertz CT molecular complexity index is 171. The number of ether oxygens (including phenoxy) is 1. The van der Waals surface area contributed by atoms with Gasteiger partial charge in [-0.05, 0) is 37.0 Å². The Balaban J connectivity index is 2.26. The van der Waals surface area contributed by atoms with Crippen molar-refractivity contribution in [3.8, 4) is 0 Å². The molecule has 0 aromatic rings. The number of hydrogen-bond donors (Lipinski definition) is 1. The zero-order chi connectivity index (χ0) is 11.4. The van der Waals surface area contributed by atoms with Gasteiger partial charge in [-0.3, -0.25) is 0 Å². The van der Waals surface area contributed by atoms with Gasteiger partial charge in [-0.25, -0.2) is 0 Å².